The van der Waals surface area contributed by atoms with Gasteiger partial charge in [0.25, 0.3) is 0 Å². The summed E-state index contributed by atoms with van der Waals surface area (Å²) >= 11 is 0. The van der Waals surface area contributed by atoms with Gasteiger partial charge in [-0.2, -0.15) is 0 Å². The first kappa shape index (κ1) is 14.4. The average Bonchev–Trinajstić information content (AvgIpc) is 2.57. The summed E-state index contributed by atoms with van der Waals surface area (Å²) in [7, 11) is 4.03. The molecule has 0 aromatic rings. The molecular formula is C12H25N3O2. The molecule has 0 radical (unpaired) electrons. The maximum absolute atomic E-state index is 11.8. The van der Waals surface area contributed by atoms with Crippen molar-refractivity contribution in [3.05, 3.63) is 0 Å². The molecule has 1 aliphatic rings. The van der Waals surface area contributed by atoms with Crippen molar-refractivity contribution in [2.45, 2.75) is 38.5 Å². The average molecular weight is 243 g/mol. The minimum absolute atomic E-state index is 0.0466. The first-order valence-electron chi connectivity index (χ1n) is 6.32. The maximum Gasteiger partial charge on any atom is 0.237 e. The lowest BCUT2D eigenvalue weighted by Gasteiger charge is -2.31. The van der Waals surface area contributed by atoms with Crippen LogP contribution in [0.5, 0.6) is 0 Å². The van der Waals surface area contributed by atoms with E-state index in [9.17, 15) is 9.90 Å². The molecule has 0 saturated carbocycles. The summed E-state index contributed by atoms with van der Waals surface area (Å²) in [6.07, 6.45) is 0.443. The molecule has 0 bridgehead atoms. The van der Waals surface area contributed by atoms with Crippen LogP contribution in [0.4, 0.5) is 0 Å². The smallest absolute Gasteiger partial charge is 0.237 e. The lowest BCUT2D eigenvalue weighted by Crippen LogP contribution is -2.49. The van der Waals surface area contributed by atoms with Gasteiger partial charge < -0.3 is 15.3 Å². The fourth-order valence-electron chi connectivity index (χ4n) is 2.46. The van der Waals surface area contributed by atoms with Gasteiger partial charge in [-0.25, -0.2) is 0 Å². The Morgan fingerprint density at radius 2 is 2.24 bits per heavy atom. The Morgan fingerprint density at radius 3 is 2.76 bits per heavy atom. The van der Waals surface area contributed by atoms with Crippen LogP contribution in [0.15, 0.2) is 0 Å². The summed E-state index contributed by atoms with van der Waals surface area (Å²) in [6, 6.07) is 0.0923. The van der Waals surface area contributed by atoms with E-state index >= 15 is 0 Å². The van der Waals surface area contributed by atoms with Gasteiger partial charge in [0.1, 0.15) is 0 Å². The van der Waals surface area contributed by atoms with Gasteiger partial charge in [0.05, 0.1) is 12.1 Å². The monoisotopic (exact) mass is 243 g/mol. The first-order valence-corrected chi connectivity index (χ1v) is 6.32. The van der Waals surface area contributed by atoms with Gasteiger partial charge in [0.15, 0.2) is 0 Å². The van der Waals surface area contributed by atoms with Gasteiger partial charge in [-0.1, -0.05) is 0 Å². The second-order valence-electron chi connectivity index (χ2n) is 5.07. The van der Waals surface area contributed by atoms with E-state index in [1.165, 1.54) is 0 Å². The molecule has 3 unspecified atom stereocenters. The third-order valence-electron chi connectivity index (χ3n) is 3.24. The molecule has 100 valence electrons. The fourth-order valence-corrected chi connectivity index (χ4v) is 2.46. The highest BCUT2D eigenvalue weighted by atomic mass is 16.3. The first-order chi connectivity index (χ1) is 7.95. The number of hydrogen-bond acceptors (Lipinski definition) is 4. The fraction of sp³-hybridized carbons (Fsp3) is 0.917. The number of β-amino-alcohol motifs (C(OH)–C–C–N with tert-alkyl or cyclic N) is 1. The minimum atomic E-state index is -0.308. The Balaban J connectivity index is 2.62. The molecule has 5 heteroatoms. The molecule has 1 fully saturated rings. The highest BCUT2D eigenvalue weighted by molar-refractivity contribution is 5.81. The quantitative estimate of drug-likeness (QED) is 0.684. The lowest BCUT2D eigenvalue weighted by molar-refractivity contribution is -0.126. The highest BCUT2D eigenvalue weighted by Crippen LogP contribution is 2.21. The summed E-state index contributed by atoms with van der Waals surface area (Å²) < 4.78 is 0. The van der Waals surface area contributed by atoms with Crippen LogP contribution in [-0.2, 0) is 4.79 Å². The van der Waals surface area contributed by atoms with Crippen molar-refractivity contribution in [2.75, 3.05) is 33.7 Å². The molecule has 2 N–H and O–H groups in total. The Hall–Kier alpha value is -0.650. The van der Waals surface area contributed by atoms with Gasteiger partial charge in [-0.3, -0.25) is 9.69 Å². The number of aliphatic hydroxyl groups excluding tert-OH is 1. The van der Waals surface area contributed by atoms with Gasteiger partial charge in [-0.15, -0.1) is 0 Å². The maximum atomic E-state index is 11.8. The van der Waals surface area contributed by atoms with Gasteiger partial charge in [0.2, 0.25) is 5.91 Å². The highest BCUT2D eigenvalue weighted by Gasteiger charge is 2.36. The number of hydrogen-bond donors (Lipinski definition) is 2. The number of likely N-dealkylation sites (N-methyl/N-ethyl adjacent to an activating group) is 2. The van der Waals surface area contributed by atoms with Crippen LogP contribution < -0.4 is 5.32 Å². The molecule has 1 saturated heterocycles. The Labute approximate surface area is 104 Å². The Bertz CT molecular complexity index is 258. The van der Waals surface area contributed by atoms with E-state index in [0.717, 1.165) is 13.0 Å². The van der Waals surface area contributed by atoms with E-state index < -0.39 is 0 Å². The summed E-state index contributed by atoms with van der Waals surface area (Å²) in [5.41, 5.74) is 0. The van der Waals surface area contributed by atoms with Crippen LogP contribution >= 0.6 is 0 Å². The predicted octanol–water partition coefficient (Wildman–Crippen LogP) is -0.492. The van der Waals surface area contributed by atoms with Crippen molar-refractivity contribution in [3.8, 4) is 0 Å². The number of nitrogens with one attached hydrogen (secondary N) is 1. The van der Waals surface area contributed by atoms with Crippen molar-refractivity contribution in [2.24, 2.45) is 0 Å². The SMILES string of the molecule is CCNC(=O)C(C)N1CC(O)CC1CN(C)C. The molecule has 3 atom stereocenters. The van der Waals surface area contributed by atoms with Gasteiger partial charge in [-0.05, 0) is 34.4 Å². The number of nitrogens with zero attached hydrogens (tertiary/aromatic N) is 2. The van der Waals surface area contributed by atoms with E-state index in [1.807, 2.05) is 27.9 Å². The molecule has 0 aromatic carbocycles. The number of amides is 1. The van der Waals surface area contributed by atoms with E-state index in [1.54, 1.807) is 0 Å². The van der Waals surface area contributed by atoms with Crippen LogP contribution in [0, 0.1) is 0 Å². The zero-order valence-electron chi connectivity index (χ0n) is 11.3. The molecule has 1 heterocycles. The van der Waals surface area contributed by atoms with Crippen LogP contribution in [0.2, 0.25) is 0 Å². The summed E-state index contributed by atoms with van der Waals surface area (Å²) in [4.78, 5) is 16.0. The number of carbonyl (C=O) groups excluding carboxylic acids is 1. The van der Waals surface area contributed by atoms with Crippen molar-refractivity contribution < 1.29 is 9.90 Å². The van der Waals surface area contributed by atoms with Crippen LogP contribution in [-0.4, -0.2) is 72.7 Å². The number of rotatable bonds is 5. The van der Waals surface area contributed by atoms with E-state index in [2.05, 4.69) is 15.1 Å². The molecular weight excluding hydrogens is 218 g/mol. The minimum Gasteiger partial charge on any atom is -0.392 e. The molecule has 1 amide bonds. The van der Waals surface area contributed by atoms with Gasteiger partial charge in [0, 0.05) is 25.7 Å². The van der Waals surface area contributed by atoms with E-state index in [0.29, 0.717) is 13.1 Å². The second kappa shape index (κ2) is 6.33. The van der Waals surface area contributed by atoms with Crippen LogP contribution in [0.25, 0.3) is 0 Å². The van der Waals surface area contributed by atoms with Crippen LogP contribution in [0.3, 0.4) is 0 Å². The number of aliphatic hydroxyl groups is 1. The second-order valence-corrected chi connectivity index (χ2v) is 5.07. The topological polar surface area (TPSA) is 55.8 Å². The number of likely N-dealkylation sites (tertiary alicyclic amines) is 1. The van der Waals surface area contributed by atoms with E-state index in [4.69, 9.17) is 0 Å². The molecule has 0 aliphatic carbocycles. The molecule has 5 nitrogen and oxygen atoms in total. The van der Waals surface area contributed by atoms with Gasteiger partial charge >= 0.3 is 0 Å². The molecule has 0 aromatic heterocycles. The summed E-state index contributed by atoms with van der Waals surface area (Å²) in [5.74, 6) is 0.0466. The largest absolute Gasteiger partial charge is 0.392 e. The third-order valence-corrected chi connectivity index (χ3v) is 3.24. The van der Waals surface area contributed by atoms with Crippen molar-refractivity contribution in [3.63, 3.8) is 0 Å². The number of carbonyl (C=O) groups is 1. The predicted molar refractivity (Wildman–Crippen MR) is 67.8 cm³/mol. The van der Waals surface area contributed by atoms with E-state index in [-0.39, 0.29) is 24.1 Å². The standard InChI is InChI=1S/C12H25N3O2/c1-5-13-12(17)9(2)15-8-11(16)6-10(15)7-14(3)4/h9-11,16H,5-8H2,1-4H3,(H,13,17). The molecule has 1 aliphatic heterocycles. The zero-order chi connectivity index (χ0) is 13.0. The van der Waals surface area contributed by atoms with Crippen LogP contribution in [0.1, 0.15) is 20.3 Å². The molecule has 1 rings (SSSR count). The van der Waals surface area contributed by atoms with Crippen molar-refractivity contribution in [1.29, 1.82) is 0 Å². The Morgan fingerprint density at radius 1 is 1.59 bits per heavy atom. The third kappa shape index (κ3) is 3.94. The van der Waals surface area contributed by atoms with Crippen molar-refractivity contribution in [1.82, 2.24) is 15.1 Å². The normalized spacial score (nSPS) is 27.4. The Kier molecular flexibility index (Phi) is 5.36. The van der Waals surface area contributed by atoms with Crippen molar-refractivity contribution >= 4 is 5.91 Å². The zero-order valence-corrected chi connectivity index (χ0v) is 11.3. The summed E-state index contributed by atoms with van der Waals surface area (Å²) in [5, 5.41) is 12.6. The molecule has 17 heavy (non-hydrogen) atoms. The molecule has 0 spiro atoms. The summed E-state index contributed by atoms with van der Waals surface area (Å²) in [6.45, 7) is 5.95. The lowest BCUT2D eigenvalue weighted by atomic mass is 10.1.